The van der Waals surface area contributed by atoms with E-state index in [9.17, 15) is 14.9 Å². The lowest BCUT2D eigenvalue weighted by atomic mass is 10.1. The molecule has 24 heavy (non-hydrogen) atoms. The molecule has 2 aromatic heterocycles. The summed E-state index contributed by atoms with van der Waals surface area (Å²) in [7, 11) is 2.98. The van der Waals surface area contributed by atoms with Crippen molar-refractivity contribution in [2.45, 2.75) is 31.8 Å². The Kier molecular flexibility index (Phi) is 3.13. The fraction of sp³-hybridized carbons (Fsp3) is 0.500. The van der Waals surface area contributed by atoms with Crippen molar-refractivity contribution in [3.63, 3.8) is 0 Å². The second-order valence-electron chi connectivity index (χ2n) is 6.46. The van der Waals surface area contributed by atoms with Crippen molar-refractivity contribution >= 4 is 5.82 Å². The predicted molar refractivity (Wildman–Crippen MR) is 86.9 cm³/mol. The first kappa shape index (κ1) is 14.8. The number of hydrogen-bond donors (Lipinski definition) is 0. The highest BCUT2D eigenvalue weighted by Gasteiger charge is 2.31. The van der Waals surface area contributed by atoms with Crippen molar-refractivity contribution in [3.8, 4) is 6.07 Å². The SMILES string of the molecule is Cn1c(N2CCc3c(ncn3C3CC3)C2)c(C#N)c(=O)n(C)c1=O. The first-order valence-electron chi connectivity index (χ1n) is 8.02. The molecule has 4 rings (SSSR count). The summed E-state index contributed by atoms with van der Waals surface area (Å²) in [5.41, 5.74) is 1.23. The van der Waals surface area contributed by atoms with Gasteiger partial charge in [0.15, 0.2) is 5.56 Å². The van der Waals surface area contributed by atoms with Crippen LogP contribution in [0.5, 0.6) is 0 Å². The Bertz CT molecular complexity index is 986. The summed E-state index contributed by atoms with van der Waals surface area (Å²) >= 11 is 0. The van der Waals surface area contributed by atoms with E-state index >= 15 is 0 Å². The molecular formula is C16H18N6O2. The third-order valence-electron chi connectivity index (χ3n) is 4.93. The third kappa shape index (κ3) is 2.01. The van der Waals surface area contributed by atoms with Gasteiger partial charge in [0, 0.05) is 38.8 Å². The van der Waals surface area contributed by atoms with Crippen LogP contribution in [-0.4, -0.2) is 25.2 Å². The summed E-state index contributed by atoms with van der Waals surface area (Å²) in [6.07, 6.45) is 5.09. The zero-order chi connectivity index (χ0) is 17.0. The summed E-state index contributed by atoms with van der Waals surface area (Å²) in [4.78, 5) is 30.9. The van der Waals surface area contributed by atoms with Crippen LogP contribution in [0.1, 0.15) is 35.8 Å². The minimum absolute atomic E-state index is 0.00433. The molecule has 3 heterocycles. The van der Waals surface area contributed by atoms with Gasteiger partial charge in [0.1, 0.15) is 11.9 Å². The van der Waals surface area contributed by atoms with Crippen LogP contribution in [0.2, 0.25) is 0 Å². The molecule has 1 aliphatic heterocycles. The molecule has 8 heteroatoms. The van der Waals surface area contributed by atoms with Crippen molar-refractivity contribution in [1.82, 2.24) is 18.7 Å². The Labute approximate surface area is 138 Å². The zero-order valence-corrected chi connectivity index (χ0v) is 13.7. The largest absolute Gasteiger partial charge is 0.350 e. The molecule has 0 radical (unpaired) electrons. The first-order valence-corrected chi connectivity index (χ1v) is 8.02. The third-order valence-corrected chi connectivity index (χ3v) is 4.93. The number of fused-ring (bicyclic) bond motifs is 1. The molecular weight excluding hydrogens is 308 g/mol. The highest BCUT2D eigenvalue weighted by atomic mass is 16.2. The maximum absolute atomic E-state index is 12.3. The number of anilines is 1. The fourth-order valence-electron chi connectivity index (χ4n) is 3.48. The Morgan fingerprint density at radius 2 is 2.00 bits per heavy atom. The summed E-state index contributed by atoms with van der Waals surface area (Å²) in [5.74, 6) is 0.386. The Hall–Kier alpha value is -2.82. The van der Waals surface area contributed by atoms with Crippen LogP contribution in [-0.2, 0) is 27.1 Å². The number of aromatic nitrogens is 4. The fourth-order valence-corrected chi connectivity index (χ4v) is 3.48. The lowest BCUT2D eigenvalue weighted by Crippen LogP contribution is -2.44. The minimum atomic E-state index is -0.551. The van der Waals surface area contributed by atoms with Crippen molar-refractivity contribution in [1.29, 1.82) is 5.26 Å². The maximum Gasteiger partial charge on any atom is 0.332 e. The van der Waals surface area contributed by atoms with Crippen molar-refractivity contribution < 1.29 is 0 Å². The Balaban J connectivity index is 1.79. The van der Waals surface area contributed by atoms with Gasteiger partial charge in [0.05, 0.1) is 18.6 Å². The summed E-state index contributed by atoms with van der Waals surface area (Å²) < 4.78 is 4.60. The van der Waals surface area contributed by atoms with Crippen LogP contribution in [0.25, 0.3) is 0 Å². The molecule has 0 spiro atoms. The topological polar surface area (TPSA) is 88.8 Å². The van der Waals surface area contributed by atoms with Gasteiger partial charge >= 0.3 is 5.69 Å². The maximum atomic E-state index is 12.3. The summed E-state index contributed by atoms with van der Waals surface area (Å²) in [6.45, 7) is 1.16. The van der Waals surface area contributed by atoms with Crippen LogP contribution in [0, 0.1) is 11.3 Å². The Morgan fingerprint density at radius 3 is 2.67 bits per heavy atom. The monoisotopic (exact) mass is 326 g/mol. The van der Waals surface area contributed by atoms with Gasteiger partial charge in [-0.1, -0.05) is 0 Å². The van der Waals surface area contributed by atoms with E-state index in [4.69, 9.17) is 0 Å². The van der Waals surface area contributed by atoms with Crippen LogP contribution < -0.4 is 16.1 Å². The molecule has 0 bridgehead atoms. The molecule has 0 saturated heterocycles. The van der Waals surface area contributed by atoms with Gasteiger partial charge in [-0.15, -0.1) is 0 Å². The molecule has 0 unspecified atom stereocenters. The predicted octanol–water partition coefficient (Wildman–Crippen LogP) is 0.0498. The molecule has 1 fully saturated rings. The number of hydrogen-bond acceptors (Lipinski definition) is 5. The molecule has 8 nitrogen and oxygen atoms in total. The van der Waals surface area contributed by atoms with Gasteiger partial charge in [0.2, 0.25) is 0 Å². The van der Waals surface area contributed by atoms with Crippen molar-refractivity contribution in [3.05, 3.63) is 44.1 Å². The van der Waals surface area contributed by atoms with Crippen molar-refractivity contribution in [2.75, 3.05) is 11.4 Å². The van der Waals surface area contributed by atoms with E-state index < -0.39 is 11.2 Å². The molecule has 0 aromatic carbocycles. The molecule has 2 aromatic rings. The normalized spacial score (nSPS) is 16.8. The van der Waals surface area contributed by atoms with Crippen LogP contribution in [0.15, 0.2) is 15.9 Å². The highest BCUT2D eigenvalue weighted by molar-refractivity contribution is 5.54. The van der Waals surface area contributed by atoms with E-state index in [1.54, 1.807) is 7.05 Å². The Morgan fingerprint density at radius 1 is 1.25 bits per heavy atom. The van der Waals surface area contributed by atoms with Gasteiger partial charge in [-0.3, -0.25) is 13.9 Å². The molecule has 2 aliphatic rings. The smallest absolute Gasteiger partial charge is 0.332 e. The highest BCUT2D eigenvalue weighted by Crippen LogP contribution is 2.37. The number of rotatable bonds is 2. The van der Waals surface area contributed by atoms with Crippen molar-refractivity contribution in [2.24, 2.45) is 14.1 Å². The van der Waals surface area contributed by atoms with Gasteiger partial charge in [-0.2, -0.15) is 5.26 Å². The van der Waals surface area contributed by atoms with Gasteiger partial charge < -0.3 is 9.47 Å². The standard InChI is InChI=1S/C16H18N6O2/c1-19-14(11(7-17)15(23)20(2)16(19)24)21-6-5-13-12(8-21)18-9-22(13)10-3-4-10/h9-10H,3-6,8H2,1-2H3. The van der Waals surface area contributed by atoms with Gasteiger partial charge in [-0.05, 0) is 12.8 Å². The lowest BCUT2D eigenvalue weighted by Gasteiger charge is -2.30. The van der Waals surface area contributed by atoms with E-state index in [1.165, 1.54) is 30.2 Å². The molecule has 1 aliphatic carbocycles. The van der Waals surface area contributed by atoms with E-state index in [-0.39, 0.29) is 5.56 Å². The number of nitrogens with zero attached hydrogens (tertiary/aromatic N) is 6. The zero-order valence-electron chi connectivity index (χ0n) is 13.7. The molecule has 124 valence electrons. The summed E-state index contributed by atoms with van der Waals surface area (Å²) in [5, 5.41) is 9.43. The van der Waals surface area contributed by atoms with E-state index in [1.807, 2.05) is 17.3 Å². The van der Waals surface area contributed by atoms with Gasteiger partial charge in [-0.25, -0.2) is 9.78 Å². The number of nitriles is 1. The first-order chi connectivity index (χ1) is 11.5. The quantitative estimate of drug-likeness (QED) is 0.778. The second kappa shape index (κ2) is 5.09. The van der Waals surface area contributed by atoms with Crippen LogP contribution in [0.3, 0.4) is 0 Å². The lowest BCUT2D eigenvalue weighted by molar-refractivity contribution is 0.609. The minimum Gasteiger partial charge on any atom is -0.350 e. The molecule has 1 saturated carbocycles. The van der Waals surface area contributed by atoms with E-state index in [2.05, 4.69) is 9.55 Å². The molecule has 0 amide bonds. The van der Waals surface area contributed by atoms with Crippen LogP contribution >= 0.6 is 0 Å². The molecule has 0 N–H and O–H groups in total. The average molecular weight is 326 g/mol. The van der Waals surface area contributed by atoms with E-state index in [0.29, 0.717) is 24.9 Å². The van der Waals surface area contributed by atoms with E-state index in [0.717, 1.165) is 16.7 Å². The molecule has 0 atom stereocenters. The van der Waals surface area contributed by atoms with Crippen LogP contribution in [0.4, 0.5) is 5.82 Å². The number of imidazole rings is 1. The summed E-state index contributed by atoms with van der Waals surface area (Å²) in [6, 6.07) is 2.55. The second-order valence-corrected chi connectivity index (χ2v) is 6.46. The van der Waals surface area contributed by atoms with Gasteiger partial charge in [0.25, 0.3) is 5.56 Å². The average Bonchev–Trinajstić information content (AvgIpc) is 3.35.